The molecule has 19 heavy (non-hydrogen) atoms. The Hall–Kier alpha value is -1.75. The number of carbonyl (C=O) groups excluding carboxylic acids is 1. The highest BCUT2D eigenvalue weighted by atomic mass is 16.5. The van der Waals surface area contributed by atoms with E-state index in [4.69, 9.17) is 4.74 Å². The minimum Gasteiger partial charge on any atom is -0.497 e. The molecule has 0 radical (unpaired) electrons. The van der Waals surface area contributed by atoms with Crippen molar-refractivity contribution in [3.05, 3.63) is 24.3 Å². The zero-order valence-electron chi connectivity index (χ0n) is 11.1. The number of carbonyl (C=O) groups is 1. The molecular formula is C14H20N2O3. The number of amides is 2. The third kappa shape index (κ3) is 3.38. The van der Waals surface area contributed by atoms with Gasteiger partial charge in [0, 0.05) is 5.69 Å². The van der Waals surface area contributed by atoms with Crippen LogP contribution >= 0.6 is 0 Å². The van der Waals surface area contributed by atoms with Gasteiger partial charge in [0.2, 0.25) is 0 Å². The van der Waals surface area contributed by atoms with Crippen LogP contribution in [0.25, 0.3) is 0 Å². The molecule has 0 aliphatic heterocycles. The normalized spacial score (nSPS) is 16.9. The van der Waals surface area contributed by atoms with Gasteiger partial charge >= 0.3 is 6.03 Å². The molecule has 3 N–H and O–H groups in total. The van der Waals surface area contributed by atoms with Gasteiger partial charge in [-0.25, -0.2) is 4.79 Å². The second-order valence-electron chi connectivity index (χ2n) is 4.95. The molecule has 0 heterocycles. The molecule has 0 saturated heterocycles. The van der Waals surface area contributed by atoms with Crippen molar-refractivity contribution < 1.29 is 14.6 Å². The monoisotopic (exact) mass is 264 g/mol. The maximum Gasteiger partial charge on any atom is 0.319 e. The number of aliphatic hydroxyl groups is 1. The summed E-state index contributed by atoms with van der Waals surface area (Å²) in [5, 5.41) is 15.1. The van der Waals surface area contributed by atoms with E-state index in [2.05, 4.69) is 10.6 Å². The SMILES string of the molecule is COc1ccc(NC(=O)NC2(CO)CCCC2)cc1. The predicted octanol–water partition coefficient (Wildman–Crippen LogP) is 2.12. The van der Waals surface area contributed by atoms with Crippen molar-refractivity contribution >= 4 is 11.7 Å². The summed E-state index contributed by atoms with van der Waals surface area (Å²) in [5.41, 5.74) is 0.251. The molecule has 1 aromatic carbocycles. The lowest BCUT2D eigenvalue weighted by Gasteiger charge is -2.27. The van der Waals surface area contributed by atoms with Crippen LogP contribution in [0.4, 0.5) is 10.5 Å². The van der Waals surface area contributed by atoms with Crippen LogP contribution < -0.4 is 15.4 Å². The van der Waals surface area contributed by atoms with Gasteiger partial charge in [-0.1, -0.05) is 12.8 Å². The van der Waals surface area contributed by atoms with Crippen molar-refractivity contribution in [2.75, 3.05) is 19.0 Å². The lowest BCUT2D eigenvalue weighted by atomic mass is 9.99. The highest BCUT2D eigenvalue weighted by Gasteiger charge is 2.34. The molecule has 0 atom stereocenters. The van der Waals surface area contributed by atoms with Gasteiger partial charge in [-0.15, -0.1) is 0 Å². The molecule has 0 unspecified atom stereocenters. The smallest absolute Gasteiger partial charge is 0.319 e. The summed E-state index contributed by atoms with van der Waals surface area (Å²) in [4.78, 5) is 11.9. The second-order valence-corrected chi connectivity index (χ2v) is 4.95. The lowest BCUT2D eigenvalue weighted by molar-refractivity contribution is 0.167. The molecule has 1 aliphatic carbocycles. The zero-order valence-corrected chi connectivity index (χ0v) is 11.1. The Morgan fingerprint density at radius 2 is 1.95 bits per heavy atom. The van der Waals surface area contributed by atoms with Crippen LogP contribution in [0.1, 0.15) is 25.7 Å². The quantitative estimate of drug-likeness (QED) is 0.780. The van der Waals surface area contributed by atoms with E-state index in [-0.39, 0.29) is 12.6 Å². The Morgan fingerprint density at radius 3 is 2.47 bits per heavy atom. The molecule has 104 valence electrons. The highest BCUT2D eigenvalue weighted by molar-refractivity contribution is 5.89. The average molecular weight is 264 g/mol. The fraction of sp³-hybridized carbons (Fsp3) is 0.500. The van der Waals surface area contributed by atoms with Crippen LogP contribution in [0.5, 0.6) is 5.75 Å². The van der Waals surface area contributed by atoms with E-state index in [0.29, 0.717) is 5.69 Å². The number of ether oxygens (including phenoxy) is 1. The van der Waals surface area contributed by atoms with Crippen LogP contribution in [0.15, 0.2) is 24.3 Å². The third-order valence-electron chi connectivity index (χ3n) is 3.59. The molecule has 1 aliphatic rings. The summed E-state index contributed by atoms with van der Waals surface area (Å²) in [6.45, 7) is -0.0109. The average Bonchev–Trinajstić information content (AvgIpc) is 2.88. The van der Waals surface area contributed by atoms with Gasteiger partial charge in [-0.3, -0.25) is 0 Å². The molecule has 1 aromatic rings. The van der Waals surface area contributed by atoms with Gasteiger partial charge in [0.05, 0.1) is 19.3 Å². The topological polar surface area (TPSA) is 70.6 Å². The minimum absolute atomic E-state index is 0.0109. The first-order chi connectivity index (χ1) is 9.17. The number of rotatable bonds is 4. The van der Waals surface area contributed by atoms with E-state index >= 15 is 0 Å². The van der Waals surface area contributed by atoms with E-state index in [0.717, 1.165) is 31.4 Å². The molecule has 0 bridgehead atoms. The first-order valence-corrected chi connectivity index (χ1v) is 6.51. The second kappa shape index (κ2) is 5.93. The first kappa shape index (κ1) is 13.7. The van der Waals surface area contributed by atoms with Gasteiger partial charge < -0.3 is 20.5 Å². The van der Waals surface area contributed by atoms with Gasteiger partial charge in [-0.2, -0.15) is 0 Å². The molecule has 5 nitrogen and oxygen atoms in total. The van der Waals surface area contributed by atoms with Crippen LogP contribution in [0.2, 0.25) is 0 Å². The number of urea groups is 1. The van der Waals surface area contributed by atoms with Crippen molar-refractivity contribution in [2.24, 2.45) is 0 Å². The summed E-state index contributed by atoms with van der Waals surface area (Å²) in [5.74, 6) is 0.744. The standard InChI is InChI=1S/C14H20N2O3/c1-19-12-6-4-11(5-7-12)15-13(18)16-14(10-17)8-2-3-9-14/h4-7,17H,2-3,8-10H2,1H3,(H2,15,16,18). The van der Waals surface area contributed by atoms with Crippen molar-refractivity contribution in [3.8, 4) is 5.75 Å². The van der Waals surface area contributed by atoms with Crippen molar-refractivity contribution in [2.45, 2.75) is 31.2 Å². The summed E-state index contributed by atoms with van der Waals surface area (Å²) >= 11 is 0. The van der Waals surface area contributed by atoms with E-state index in [1.165, 1.54) is 0 Å². The van der Waals surface area contributed by atoms with Crippen LogP contribution in [0.3, 0.4) is 0 Å². The Kier molecular flexibility index (Phi) is 4.27. The molecule has 2 rings (SSSR count). The largest absolute Gasteiger partial charge is 0.497 e. The summed E-state index contributed by atoms with van der Waals surface area (Å²) in [6.07, 6.45) is 3.76. The molecule has 5 heteroatoms. The Morgan fingerprint density at radius 1 is 1.32 bits per heavy atom. The molecule has 0 aromatic heterocycles. The summed E-state index contributed by atoms with van der Waals surface area (Å²) < 4.78 is 5.05. The number of hydrogen-bond donors (Lipinski definition) is 3. The number of methoxy groups -OCH3 is 1. The fourth-order valence-corrected chi connectivity index (χ4v) is 2.45. The highest BCUT2D eigenvalue weighted by Crippen LogP contribution is 2.29. The van der Waals surface area contributed by atoms with Crippen LogP contribution in [-0.2, 0) is 0 Å². The molecule has 1 fully saturated rings. The van der Waals surface area contributed by atoms with E-state index in [9.17, 15) is 9.90 Å². The van der Waals surface area contributed by atoms with E-state index in [1.807, 2.05) is 0 Å². The van der Waals surface area contributed by atoms with E-state index < -0.39 is 5.54 Å². The Balaban J connectivity index is 1.93. The molecule has 2 amide bonds. The van der Waals surface area contributed by atoms with Crippen molar-refractivity contribution in [3.63, 3.8) is 0 Å². The molecule has 1 saturated carbocycles. The lowest BCUT2D eigenvalue weighted by Crippen LogP contribution is -2.50. The van der Waals surface area contributed by atoms with E-state index in [1.54, 1.807) is 31.4 Å². The number of nitrogens with one attached hydrogen (secondary N) is 2. The van der Waals surface area contributed by atoms with Gasteiger partial charge in [-0.05, 0) is 37.1 Å². The van der Waals surface area contributed by atoms with Crippen molar-refractivity contribution in [1.29, 1.82) is 0 Å². The third-order valence-corrected chi connectivity index (χ3v) is 3.59. The predicted molar refractivity (Wildman–Crippen MR) is 73.4 cm³/mol. The fourth-order valence-electron chi connectivity index (χ4n) is 2.45. The van der Waals surface area contributed by atoms with Gasteiger partial charge in [0.25, 0.3) is 0 Å². The first-order valence-electron chi connectivity index (χ1n) is 6.51. The molecule has 0 spiro atoms. The Labute approximate surface area is 113 Å². The minimum atomic E-state index is -0.448. The van der Waals surface area contributed by atoms with Gasteiger partial charge in [0.1, 0.15) is 5.75 Å². The molecular weight excluding hydrogens is 244 g/mol. The van der Waals surface area contributed by atoms with Crippen LogP contribution in [0, 0.1) is 0 Å². The van der Waals surface area contributed by atoms with Crippen LogP contribution in [-0.4, -0.2) is 30.4 Å². The maximum atomic E-state index is 11.9. The number of aliphatic hydroxyl groups excluding tert-OH is 1. The number of hydrogen-bond acceptors (Lipinski definition) is 3. The maximum absolute atomic E-state index is 11.9. The number of benzene rings is 1. The number of anilines is 1. The zero-order chi connectivity index (χ0) is 13.7. The summed E-state index contributed by atoms with van der Waals surface area (Å²) in [7, 11) is 1.60. The van der Waals surface area contributed by atoms with Gasteiger partial charge in [0.15, 0.2) is 0 Å². The van der Waals surface area contributed by atoms with Crippen molar-refractivity contribution in [1.82, 2.24) is 5.32 Å². The summed E-state index contributed by atoms with van der Waals surface area (Å²) in [6, 6.07) is 6.85. The Bertz CT molecular complexity index is 425.